The predicted molar refractivity (Wildman–Crippen MR) is 57.7 cm³/mol. The van der Waals surface area contributed by atoms with Crippen LogP contribution in [0.4, 0.5) is 10.6 Å². The lowest BCUT2D eigenvalue weighted by Gasteiger charge is -2.23. The average Bonchev–Trinajstić information content (AvgIpc) is 2.15. The number of anilines is 1. The van der Waals surface area contributed by atoms with Gasteiger partial charge in [0, 0.05) is 7.05 Å². The fourth-order valence-corrected chi connectivity index (χ4v) is 0.929. The fourth-order valence-electron chi connectivity index (χ4n) is 0.929. The van der Waals surface area contributed by atoms with Crippen LogP contribution in [0.25, 0.3) is 0 Å². The van der Waals surface area contributed by atoms with E-state index in [2.05, 4.69) is 11.2 Å². The molecule has 1 rings (SSSR count). The number of carbonyl (C=O) groups is 1. The Kier molecular flexibility index (Phi) is 3.29. The molecular weight excluding hydrogens is 192 g/mol. The molecule has 0 bridgehead atoms. The Morgan fingerprint density at radius 3 is 2.67 bits per heavy atom. The molecule has 0 atom stereocenters. The van der Waals surface area contributed by atoms with Gasteiger partial charge in [-0.25, -0.2) is 9.78 Å². The average molecular weight is 207 g/mol. The van der Waals surface area contributed by atoms with E-state index in [0.29, 0.717) is 5.82 Å². The summed E-state index contributed by atoms with van der Waals surface area (Å²) in [5.41, 5.74) is -0.496. The van der Waals surface area contributed by atoms with Gasteiger partial charge in [0.25, 0.3) is 0 Å². The Balaban J connectivity index is 2.70. The van der Waals surface area contributed by atoms with Crippen molar-refractivity contribution in [2.75, 3.05) is 11.9 Å². The molecule has 0 fully saturated rings. The molecular formula is C11H15N2O2. The van der Waals surface area contributed by atoms with Gasteiger partial charge in [0.05, 0.1) is 6.20 Å². The summed E-state index contributed by atoms with van der Waals surface area (Å²) in [6, 6.07) is 5.16. The maximum absolute atomic E-state index is 11.6. The zero-order chi connectivity index (χ0) is 11.5. The van der Waals surface area contributed by atoms with Crippen LogP contribution in [-0.2, 0) is 4.74 Å². The molecule has 0 unspecified atom stereocenters. The summed E-state index contributed by atoms with van der Waals surface area (Å²) in [4.78, 5) is 16.9. The van der Waals surface area contributed by atoms with Crippen LogP contribution in [-0.4, -0.2) is 23.7 Å². The molecule has 4 nitrogen and oxygen atoms in total. The first-order chi connectivity index (χ1) is 6.90. The lowest BCUT2D eigenvalue weighted by atomic mass is 10.2. The molecule has 0 aliphatic heterocycles. The number of pyridine rings is 1. The third-order valence-corrected chi connectivity index (χ3v) is 1.61. The largest absolute Gasteiger partial charge is 0.443 e. The fraction of sp³-hybridized carbons (Fsp3) is 0.455. The molecule has 1 aromatic heterocycles. The van der Waals surface area contributed by atoms with Gasteiger partial charge >= 0.3 is 6.09 Å². The second kappa shape index (κ2) is 4.29. The van der Waals surface area contributed by atoms with Gasteiger partial charge in [-0.2, -0.15) is 0 Å². The number of hydrogen-bond donors (Lipinski definition) is 0. The minimum Gasteiger partial charge on any atom is -0.443 e. The van der Waals surface area contributed by atoms with Crippen molar-refractivity contribution in [2.24, 2.45) is 0 Å². The number of aromatic nitrogens is 1. The van der Waals surface area contributed by atoms with Crippen molar-refractivity contribution in [2.45, 2.75) is 26.4 Å². The Hall–Kier alpha value is -1.58. The van der Waals surface area contributed by atoms with Crippen molar-refractivity contribution in [3.8, 4) is 0 Å². The minimum absolute atomic E-state index is 0.422. The van der Waals surface area contributed by atoms with E-state index in [1.807, 2.05) is 20.8 Å². The normalized spacial score (nSPS) is 10.9. The van der Waals surface area contributed by atoms with Crippen molar-refractivity contribution < 1.29 is 9.53 Å². The van der Waals surface area contributed by atoms with Crippen LogP contribution in [0.15, 0.2) is 18.2 Å². The van der Waals surface area contributed by atoms with E-state index in [1.165, 1.54) is 4.90 Å². The van der Waals surface area contributed by atoms with E-state index in [1.54, 1.807) is 25.2 Å². The Labute approximate surface area is 89.9 Å². The SMILES string of the molecule is CN(C(=O)OC(C)(C)C)c1ccc[c]n1. The number of rotatable bonds is 1. The van der Waals surface area contributed by atoms with Crippen LogP contribution in [0.1, 0.15) is 20.8 Å². The molecule has 81 valence electrons. The Morgan fingerprint density at radius 1 is 1.53 bits per heavy atom. The summed E-state index contributed by atoms with van der Waals surface area (Å²) < 4.78 is 5.19. The predicted octanol–water partition coefficient (Wildman–Crippen LogP) is 2.25. The summed E-state index contributed by atoms with van der Waals surface area (Å²) in [5, 5.41) is 0. The van der Waals surface area contributed by atoms with E-state index in [4.69, 9.17) is 4.74 Å². The van der Waals surface area contributed by atoms with E-state index < -0.39 is 11.7 Å². The second-order valence-electron chi connectivity index (χ2n) is 4.16. The molecule has 1 amide bonds. The minimum atomic E-state index is -0.496. The van der Waals surface area contributed by atoms with Gasteiger partial charge in [-0.1, -0.05) is 6.07 Å². The molecule has 0 aliphatic rings. The molecule has 0 aromatic carbocycles. The van der Waals surface area contributed by atoms with Gasteiger partial charge in [-0.3, -0.25) is 4.90 Å². The smallest absolute Gasteiger partial charge is 0.415 e. The molecule has 1 aromatic rings. The number of ether oxygens (including phenoxy) is 1. The molecule has 1 heterocycles. The third-order valence-electron chi connectivity index (χ3n) is 1.61. The van der Waals surface area contributed by atoms with Gasteiger partial charge in [0.2, 0.25) is 0 Å². The third kappa shape index (κ3) is 3.58. The lowest BCUT2D eigenvalue weighted by molar-refractivity contribution is 0.0588. The van der Waals surface area contributed by atoms with Crippen molar-refractivity contribution in [1.82, 2.24) is 4.98 Å². The van der Waals surface area contributed by atoms with E-state index >= 15 is 0 Å². The number of carbonyl (C=O) groups excluding carboxylic acids is 1. The molecule has 0 saturated carbocycles. The highest BCUT2D eigenvalue weighted by Gasteiger charge is 2.20. The zero-order valence-corrected chi connectivity index (χ0v) is 9.44. The Morgan fingerprint density at radius 2 is 2.20 bits per heavy atom. The highest BCUT2D eigenvalue weighted by atomic mass is 16.6. The summed E-state index contributed by atoms with van der Waals surface area (Å²) in [5.74, 6) is 0.520. The quantitative estimate of drug-likeness (QED) is 0.709. The molecule has 0 spiro atoms. The lowest BCUT2D eigenvalue weighted by Crippen LogP contribution is -2.34. The molecule has 0 saturated heterocycles. The summed E-state index contributed by atoms with van der Waals surface area (Å²) in [7, 11) is 1.62. The Bertz CT molecular complexity index is 330. The van der Waals surface area contributed by atoms with Gasteiger partial charge in [-0.05, 0) is 32.9 Å². The zero-order valence-electron chi connectivity index (χ0n) is 9.44. The number of hydrogen-bond acceptors (Lipinski definition) is 3. The van der Waals surface area contributed by atoms with Crippen molar-refractivity contribution in [1.29, 1.82) is 0 Å². The molecule has 0 aliphatic carbocycles. The van der Waals surface area contributed by atoms with Crippen LogP contribution in [0.3, 0.4) is 0 Å². The van der Waals surface area contributed by atoms with Gasteiger partial charge in [0.1, 0.15) is 11.4 Å². The summed E-state index contributed by atoms with van der Waals surface area (Å²) in [6.45, 7) is 5.47. The van der Waals surface area contributed by atoms with E-state index in [9.17, 15) is 4.79 Å². The van der Waals surface area contributed by atoms with Crippen molar-refractivity contribution in [3.05, 3.63) is 24.4 Å². The number of amides is 1. The first-order valence-electron chi connectivity index (χ1n) is 4.70. The topological polar surface area (TPSA) is 42.4 Å². The number of nitrogens with zero attached hydrogens (tertiary/aromatic N) is 2. The monoisotopic (exact) mass is 207 g/mol. The molecule has 1 radical (unpaired) electrons. The summed E-state index contributed by atoms with van der Waals surface area (Å²) >= 11 is 0. The van der Waals surface area contributed by atoms with Crippen LogP contribution in [0.2, 0.25) is 0 Å². The first kappa shape index (κ1) is 11.5. The molecule has 0 N–H and O–H groups in total. The highest BCUT2D eigenvalue weighted by Crippen LogP contribution is 2.13. The second-order valence-corrected chi connectivity index (χ2v) is 4.16. The maximum Gasteiger partial charge on any atom is 0.415 e. The van der Waals surface area contributed by atoms with E-state index in [-0.39, 0.29) is 0 Å². The van der Waals surface area contributed by atoms with Gasteiger partial charge in [0.15, 0.2) is 0 Å². The van der Waals surface area contributed by atoms with Crippen LogP contribution >= 0.6 is 0 Å². The first-order valence-corrected chi connectivity index (χ1v) is 4.70. The molecule has 4 heteroatoms. The van der Waals surface area contributed by atoms with Gasteiger partial charge < -0.3 is 4.74 Å². The summed E-state index contributed by atoms with van der Waals surface area (Å²) in [6.07, 6.45) is 2.24. The van der Waals surface area contributed by atoms with Gasteiger partial charge in [-0.15, -0.1) is 0 Å². The van der Waals surface area contributed by atoms with E-state index in [0.717, 1.165) is 0 Å². The van der Waals surface area contributed by atoms with Crippen LogP contribution in [0, 0.1) is 6.20 Å². The van der Waals surface area contributed by atoms with Crippen LogP contribution < -0.4 is 4.90 Å². The standard InChI is InChI=1S/C11H15N2O2/c1-11(2,3)15-10(14)13(4)9-7-5-6-8-12-9/h5-7H,1-4H3. The maximum atomic E-state index is 11.6. The van der Waals surface area contributed by atoms with Crippen molar-refractivity contribution in [3.63, 3.8) is 0 Å². The van der Waals surface area contributed by atoms with Crippen LogP contribution in [0.5, 0.6) is 0 Å². The van der Waals surface area contributed by atoms with Crippen molar-refractivity contribution >= 4 is 11.9 Å². The molecule has 15 heavy (non-hydrogen) atoms. The highest BCUT2D eigenvalue weighted by molar-refractivity contribution is 5.85.